The van der Waals surface area contributed by atoms with Crippen molar-refractivity contribution in [2.75, 3.05) is 20.2 Å². The quantitative estimate of drug-likeness (QED) is 0.773. The fourth-order valence-corrected chi connectivity index (χ4v) is 3.59. The van der Waals surface area contributed by atoms with Gasteiger partial charge >= 0.3 is 5.97 Å². The van der Waals surface area contributed by atoms with Crippen molar-refractivity contribution in [1.29, 1.82) is 0 Å². The summed E-state index contributed by atoms with van der Waals surface area (Å²) < 4.78 is 4.83. The van der Waals surface area contributed by atoms with Gasteiger partial charge in [0.15, 0.2) is 0 Å². The van der Waals surface area contributed by atoms with Crippen molar-refractivity contribution in [3.8, 4) is 0 Å². The van der Waals surface area contributed by atoms with E-state index in [1.807, 2.05) is 0 Å². The fourth-order valence-electron chi connectivity index (χ4n) is 3.59. The number of carbonyl (C=O) groups excluding carboxylic acids is 1. The van der Waals surface area contributed by atoms with E-state index in [1.165, 1.54) is 39.5 Å². The van der Waals surface area contributed by atoms with E-state index >= 15 is 0 Å². The minimum absolute atomic E-state index is 0.241. The molecule has 0 bridgehead atoms. The molecular weight excluding hydrogens is 228 g/mol. The maximum atomic E-state index is 11.7. The minimum Gasteiger partial charge on any atom is -0.468 e. The van der Waals surface area contributed by atoms with Gasteiger partial charge in [0.05, 0.1) is 7.11 Å². The molecule has 4 heteroatoms. The van der Waals surface area contributed by atoms with Crippen molar-refractivity contribution in [1.82, 2.24) is 4.90 Å². The first-order valence-corrected chi connectivity index (χ1v) is 7.20. The molecule has 1 aliphatic carbocycles. The molecule has 1 saturated carbocycles. The van der Waals surface area contributed by atoms with Crippen LogP contribution in [0, 0.1) is 5.92 Å². The normalized spacial score (nSPS) is 37.1. The molecule has 4 nitrogen and oxygen atoms in total. The third-order valence-electron chi connectivity index (χ3n) is 4.65. The van der Waals surface area contributed by atoms with Crippen LogP contribution in [0.4, 0.5) is 0 Å². The Morgan fingerprint density at radius 1 is 1.50 bits per heavy atom. The number of ether oxygens (including phenoxy) is 1. The van der Waals surface area contributed by atoms with Crippen LogP contribution in [0.5, 0.6) is 0 Å². The van der Waals surface area contributed by atoms with Crippen molar-refractivity contribution in [3.63, 3.8) is 0 Å². The van der Waals surface area contributed by atoms with Crippen LogP contribution in [-0.2, 0) is 9.53 Å². The summed E-state index contributed by atoms with van der Waals surface area (Å²) in [6.45, 7) is 4.61. The Labute approximate surface area is 110 Å². The Kier molecular flexibility index (Phi) is 4.28. The van der Waals surface area contributed by atoms with Crippen LogP contribution in [0.3, 0.4) is 0 Å². The first kappa shape index (κ1) is 13.8. The summed E-state index contributed by atoms with van der Waals surface area (Å²) in [6, 6.07) is 0.482. The summed E-state index contributed by atoms with van der Waals surface area (Å²) in [5.74, 6) is 0.607. The second kappa shape index (κ2) is 5.57. The predicted molar refractivity (Wildman–Crippen MR) is 71.2 cm³/mol. The van der Waals surface area contributed by atoms with Crippen LogP contribution >= 0.6 is 0 Å². The number of nitrogens with zero attached hydrogens (tertiary/aromatic N) is 1. The number of likely N-dealkylation sites (tertiary alicyclic amines) is 1. The first-order chi connectivity index (χ1) is 8.59. The van der Waals surface area contributed by atoms with Gasteiger partial charge in [-0.1, -0.05) is 13.3 Å². The van der Waals surface area contributed by atoms with E-state index in [4.69, 9.17) is 10.5 Å². The lowest BCUT2D eigenvalue weighted by atomic mass is 9.99. The summed E-state index contributed by atoms with van der Waals surface area (Å²) in [5, 5.41) is 0. The highest BCUT2D eigenvalue weighted by Gasteiger charge is 2.45. The van der Waals surface area contributed by atoms with Crippen LogP contribution in [0.1, 0.15) is 45.4 Å². The molecule has 0 aromatic heterocycles. The Morgan fingerprint density at radius 2 is 2.28 bits per heavy atom. The largest absolute Gasteiger partial charge is 0.468 e. The summed E-state index contributed by atoms with van der Waals surface area (Å²) >= 11 is 0. The highest BCUT2D eigenvalue weighted by Crippen LogP contribution is 2.35. The predicted octanol–water partition coefficient (Wildman–Crippen LogP) is 1.53. The summed E-state index contributed by atoms with van der Waals surface area (Å²) in [5.41, 5.74) is 5.43. The van der Waals surface area contributed by atoms with E-state index in [9.17, 15) is 4.79 Å². The number of hydrogen-bond acceptors (Lipinski definition) is 4. The molecule has 2 aliphatic rings. The molecule has 1 heterocycles. The summed E-state index contributed by atoms with van der Waals surface area (Å²) in [6.07, 6.45) is 6.46. The van der Waals surface area contributed by atoms with Gasteiger partial charge in [0.1, 0.15) is 5.54 Å². The van der Waals surface area contributed by atoms with E-state index in [0.29, 0.717) is 6.04 Å². The second-order valence-electron chi connectivity index (χ2n) is 5.98. The number of carbonyl (C=O) groups is 1. The second-order valence-corrected chi connectivity index (χ2v) is 5.98. The highest BCUT2D eigenvalue weighted by atomic mass is 16.5. The average molecular weight is 254 g/mol. The Balaban J connectivity index is 1.88. The smallest absolute Gasteiger partial charge is 0.325 e. The highest BCUT2D eigenvalue weighted by molar-refractivity contribution is 5.81. The topological polar surface area (TPSA) is 55.6 Å². The first-order valence-electron chi connectivity index (χ1n) is 7.20. The Hall–Kier alpha value is -0.610. The van der Waals surface area contributed by atoms with Gasteiger partial charge in [0.25, 0.3) is 0 Å². The van der Waals surface area contributed by atoms with Crippen molar-refractivity contribution in [2.45, 2.75) is 57.0 Å². The van der Waals surface area contributed by atoms with Crippen LogP contribution in [-0.4, -0.2) is 42.6 Å². The number of hydrogen-bond donors (Lipinski definition) is 1. The SMILES string of the molecule is CCCC1CCN(C2CCC(N)(C(=O)OC)C2)C1. The molecule has 2 N–H and O–H groups in total. The molecule has 1 aliphatic heterocycles. The monoisotopic (exact) mass is 254 g/mol. The van der Waals surface area contributed by atoms with Crippen LogP contribution in [0.25, 0.3) is 0 Å². The zero-order valence-electron chi connectivity index (χ0n) is 11.7. The van der Waals surface area contributed by atoms with Gasteiger partial charge in [0, 0.05) is 12.6 Å². The molecular formula is C14H26N2O2. The molecule has 104 valence electrons. The molecule has 0 aromatic rings. The van der Waals surface area contributed by atoms with Gasteiger partial charge in [-0.05, 0) is 44.6 Å². The van der Waals surface area contributed by atoms with Crippen molar-refractivity contribution < 1.29 is 9.53 Å². The van der Waals surface area contributed by atoms with Crippen molar-refractivity contribution in [2.24, 2.45) is 11.7 Å². The zero-order valence-corrected chi connectivity index (χ0v) is 11.7. The van der Waals surface area contributed by atoms with Crippen LogP contribution in [0.2, 0.25) is 0 Å². The van der Waals surface area contributed by atoms with E-state index in [1.54, 1.807) is 0 Å². The van der Waals surface area contributed by atoms with Gasteiger partial charge in [-0.3, -0.25) is 4.79 Å². The standard InChI is InChI=1S/C14H26N2O2/c1-3-4-11-6-8-16(10-11)12-5-7-14(15,9-12)13(17)18-2/h11-12H,3-10,15H2,1-2H3. The minimum atomic E-state index is -0.734. The summed E-state index contributed by atoms with van der Waals surface area (Å²) in [4.78, 5) is 14.2. The molecule has 3 unspecified atom stereocenters. The lowest BCUT2D eigenvalue weighted by molar-refractivity contribution is -0.146. The van der Waals surface area contributed by atoms with Gasteiger partial charge in [-0.25, -0.2) is 0 Å². The van der Waals surface area contributed by atoms with E-state index in [-0.39, 0.29) is 5.97 Å². The molecule has 3 atom stereocenters. The molecule has 0 amide bonds. The molecule has 18 heavy (non-hydrogen) atoms. The average Bonchev–Trinajstić information content (AvgIpc) is 2.96. The number of methoxy groups -OCH3 is 1. The fraction of sp³-hybridized carbons (Fsp3) is 0.929. The number of nitrogens with two attached hydrogens (primary N) is 1. The summed E-state index contributed by atoms with van der Waals surface area (Å²) in [7, 11) is 1.43. The van der Waals surface area contributed by atoms with E-state index < -0.39 is 5.54 Å². The molecule has 2 fully saturated rings. The third kappa shape index (κ3) is 2.69. The van der Waals surface area contributed by atoms with Gasteiger partial charge in [-0.2, -0.15) is 0 Å². The maximum absolute atomic E-state index is 11.7. The Morgan fingerprint density at radius 3 is 2.94 bits per heavy atom. The maximum Gasteiger partial charge on any atom is 0.325 e. The lowest BCUT2D eigenvalue weighted by Gasteiger charge is -2.26. The lowest BCUT2D eigenvalue weighted by Crippen LogP contribution is -2.48. The van der Waals surface area contributed by atoms with E-state index in [2.05, 4.69) is 11.8 Å². The Bertz CT molecular complexity index is 308. The van der Waals surface area contributed by atoms with Gasteiger partial charge < -0.3 is 15.4 Å². The zero-order chi connectivity index (χ0) is 13.2. The molecule has 0 aromatic carbocycles. The molecule has 0 spiro atoms. The molecule has 2 rings (SSSR count). The number of esters is 1. The van der Waals surface area contributed by atoms with Gasteiger partial charge in [0.2, 0.25) is 0 Å². The van der Waals surface area contributed by atoms with Crippen LogP contribution < -0.4 is 5.73 Å². The van der Waals surface area contributed by atoms with Crippen molar-refractivity contribution in [3.05, 3.63) is 0 Å². The number of rotatable bonds is 4. The van der Waals surface area contributed by atoms with Crippen molar-refractivity contribution >= 4 is 5.97 Å². The van der Waals surface area contributed by atoms with E-state index in [0.717, 1.165) is 25.2 Å². The van der Waals surface area contributed by atoms with Crippen LogP contribution in [0.15, 0.2) is 0 Å². The third-order valence-corrected chi connectivity index (χ3v) is 4.65. The van der Waals surface area contributed by atoms with Gasteiger partial charge in [-0.15, -0.1) is 0 Å². The molecule has 0 radical (unpaired) electrons. The molecule has 1 saturated heterocycles.